The summed E-state index contributed by atoms with van der Waals surface area (Å²) in [6, 6.07) is 12.2. The summed E-state index contributed by atoms with van der Waals surface area (Å²) in [7, 11) is 0. The van der Waals surface area contributed by atoms with E-state index in [0.717, 1.165) is 5.69 Å². The normalized spacial score (nSPS) is 10.5. The molecule has 0 spiro atoms. The summed E-state index contributed by atoms with van der Waals surface area (Å²) in [6.45, 7) is 0. The lowest BCUT2D eigenvalue weighted by atomic mass is 10.1. The van der Waals surface area contributed by atoms with Gasteiger partial charge in [0.1, 0.15) is 0 Å². The maximum absolute atomic E-state index is 12.4. The second-order valence-corrected chi connectivity index (χ2v) is 5.56. The minimum absolute atomic E-state index is 0.137. The van der Waals surface area contributed by atoms with Gasteiger partial charge in [-0.3, -0.25) is 4.79 Å². The summed E-state index contributed by atoms with van der Waals surface area (Å²) in [5.41, 5.74) is 7.64. The lowest BCUT2D eigenvalue weighted by molar-refractivity contribution is 0.102. The molecule has 3 rings (SSSR count). The molecule has 0 aliphatic heterocycles. The SMILES string of the molecule is Nc1c(Cl)ccc(C(=O)Nc2cccc(-n3cccn3)c2)c1Cl. The molecule has 0 radical (unpaired) electrons. The van der Waals surface area contributed by atoms with Crippen LogP contribution < -0.4 is 11.1 Å². The molecule has 0 fully saturated rings. The Morgan fingerprint density at radius 2 is 2.00 bits per heavy atom. The van der Waals surface area contributed by atoms with Crippen LogP contribution in [0.2, 0.25) is 10.0 Å². The fourth-order valence-electron chi connectivity index (χ4n) is 2.09. The predicted octanol–water partition coefficient (Wildman–Crippen LogP) is 4.01. The number of carbonyl (C=O) groups excluding carboxylic acids is 1. The third-order valence-electron chi connectivity index (χ3n) is 3.24. The minimum atomic E-state index is -0.365. The summed E-state index contributed by atoms with van der Waals surface area (Å²) in [4.78, 5) is 12.4. The molecule has 0 atom stereocenters. The van der Waals surface area contributed by atoms with Crippen molar-refractivity contribution in [2.24, 2.45) is 0 Å². The van der Waals surface area contributed by atoms with E-state index in [1.807, 2.05) is 24.4 Å². The molecule has 0 saturated carbocycles. The van der Waals surface area contributed by atoms with Gasteiger partial charge in [0.25, 0.3) is 5.91 Å². The van der Waals surface area contributed by atoms with Crippen LogP contribution in [-0.4, -0.2) is 15.7 Å². The van der Waals surface area contributed by atoms with Gasteiger partial charge in [0.05, 0.1) is 27.0 Å². The number of nitrogens with two attached hydrogens (primary N) is 1. The Bertz CT molecular complexity index is 863. The van der Waals surface area contributed by atoms with Crippen LogP contribution in [0.25, 0.3) is 5.69 Å². The van der Waals surface area contributed by atoms with E-state index in [4.69, 9.17) is 28.9 Å². The molecule has 3 aromatic rings. The number of nitrogen functional groups attached to an aromatic ring is 1. The number of carbonyl (C=O) groups is 1. The third kappa shape index (κ3) is 3.16. The fraction of sp³-hybridized carbons (Fsp3) is 0. The van der Waals surface area contributed by atoms with E-state index in [-0.39, 0.29) is 22.2 Å². The molecule has 1 aromatic heterocycles. The predicted molar refractivity (Wildman–Crippen MR) is 92.4 cm³/mol. The van der Waals surface area contributed by atoms with Crippen molar-refractivity contribution >= 4 is 40.5 Å². The first-order valence-electron chi connectivity index (χ1n) is 6.71. The van der Waals surface area contributed by atoms with E-state index in [1.165, 1.54) is 12.1 Å². The quantitative estimate of drug-likeness (QED) is 0.703. The van der Waals surface area contributed by atoms with Gasteiger partial charge in [0.15, 0.2) is 0 Å². The van der Waals surface area contributed by atoms with Crippen molar-refractivity contribution in [3.05, 3.63) is 70.5 Å². The van der Waals surface area contributed by atoms with Gasteiger partial charge in [0.2, 0.25) is 0 Å². The maximum atomic E-state index is 12.4. The monoisotopic (exact) mass is 346 g/mol. The molecule has 0 saturated heterocycles. The molecule has 2 aromatic carbocycles. The lowest BCUT2D eigenvalue weighted by Gasteiger charge is -2.10. The summed E-state index contributed by atoms with van der Waals surface area (Å²) >= 11 is 12.0. The van der Waals surface area contributed by atoms with Gasteiger partial charge in [-0.25, -0.2) is 4.68 Å². The van der Waals surface area contributed by atoms with Gasteiger partial charge in [-0.1, -0.05) is 29.3 Å². The number of nitrogens with zero attached hydrogens (tertiary/aromatic N) is 2. The molecular formula is C16H12Cl2N4O. The highest BCUT2D eigenvalue weighted by Crippen LogP contribution is 2.31. The van der Waals surface area contributed by atoms with Gasteiger partial charge in [0, 0.05) is 18.1 Å². The first kappa shape index (κ1) is 15.4. The fourth-order valence-corrected chi connectivity index (χ4v) is 2.55. The zero-order valence-corrected chi connectivity index (χ0v) is 13.3. The number of hydrogen-bond acceptors (Lipinski definition) is 3. The molecule has 0 unspecified atom stereocenters. The number of nitrogens with one attached hydrogen (secondary N) is 1. The Morgan fingerprint density at radius 1 is 1.17 bits per heavy atom. The molecule has 23 heavy (non-hydrogen) atoms. The highest BCUT2D eigenvalue weighted by atomic mass is 35.5. The second-order valence-electron chi connectivity index (χ2n) is 4.78. The first-order valence-corrected chi connectivity index (χ1v) is 7.47. The minimum Gasteiger partial charge on any atom is -0.396 e. The van der Waals surface area contributed by atoms with Gasteiger partial charge in [-0.2, -0.15) is 5.10 Å². The number of benzene rings is 2. The molecule has 7 heteroatoms. The molecule has 1 heterocycles. The number of aromatic nitrogens is 2. The van der Waals surface area contributed by atoms with E-state index in [1.54, 1.807) is 23.0 Å². The number of hydrogen-bond donors (Lipinski definition) is 2. The average molecular weight is 347 g/mol. The van der Waals surface area contributed by atoms with Crippen LogP contribution in [0.5, 0.6) is 0 Å². The van der Waals surface area contributed by atoms with Crippen molar-refractivity contribution in [3.8, 4) is 5.69 Å². The van der Waals surface area contributed by atoms with E-state index < -0.39 is 0 Å². The van der Waals surface area contributed by atoms with Crippen molar-refractivity contribution in [1.82, 2.24) is 9.78 Å². The smallest absolute Gasteiger partial charge is 0.257 e. The molecule has 0 aliphatic carbocycles. The number of halogens is 2. The Morgan fingerprint density at radius 3 is 2.74 bits per heavy atom. The van der Waals surface area contributed by atoms with Crippen molar-refractivity contribution in [2.45, 2.75) is 0 Å². The van der Waals surface area contributed by atoms with Crippen LogP contribution >= 0.6 is 23.2 Å². The van der Waals surface area contributed by atoms with Gasteiger partial charge < -0.3 is 11.1 Å². The zero-order valence-electron chi connectivity index (χ0n) is 11.8. The largest absolute Gasteiger partial charge is 0.396 e. The topological polar surface area (TPSA) is 72.9 Å². The number of amides is 1. The van der Waals surface area contributed by atoms with E-state index in [9.17, 15) is 4.79 Å². The summed E-state index contributed by atoms with van der Waals surface area (Å²) < 4.78 is 1.70. The highest BCUT2D eigenvalue weighted by Gasteiger charge is 2.15. The third-order valence-corrected chi connectivity index (χ3v) is 3.98. The van der Waals surface area contributed by atoms with Crippen molar-refractivity contribution in [2.75, 3.05) is 11.1 Å². The first-order chi connectivity index (χ1) is 11.1. The Hall–Kier alpha value is -2.50. The average Bonchev–Trinajstić information content (AvgIpc) is 3.07. The summed E-state index contributed by atoms with van der Waals surface area (Å²) in [6.07, 6.45) is 3.50. The molecule has 3 N–H and O–H groups in total. The van der Waals surface area contributed by atoms with Gasteiger partial charge in [-0.15, -0.1) is 0 Å². The van der Waals surface area contributed by atoms with Crippen LogP contribution in [0.1, 0.15) is 10.4 Å². The molecular weight excluding hydrogens is 335 g/mol. The van der Waals surface area contributed by atoms with Crippen LogP contribution in [0.4, 0.5) is 11.4 Å². The molecule has 116 valence electrons. The maximum Gasteiger partial charge on any atom is 0.257 e. The van der Waals surface area contributed by atoms with Crippen LogP contribution in [0.3, 0.4) is 0 Å². The van der Waals surface area contributed by atoms with Gasteiger partial charge in [-0.05, 0) is 36.4 Å². The zero-order chi connectivity index (χ0) is 16.4. The Kier molecular flexibility index (Phi) is 4.23. The number of anilines is 2. The highest BCUT2D eigenvalue weighted by molar-refractivity contribution is 6.41. The van der Waals surface area contributed by atoms with Crippen LogP contribution in [0.15, 0.2) is 54.9 Å². The molecule has 1 amide bonds. The standard InChI is InChI=1S/C16H12Cl2N4O/c17-13-6-5-12(14(18)15(13)19)16(23)21-10-3-1-4-11(9-10)22-8-2-7-20-22/h1-9H,19H2,(H,21,23). The van der Waals surface area contributed by atoms with Gasteiger partial charge >= 0.3 is 0 Å². The number of rotatable bonds is 3. The van der Waals surface area contributed by atoms with Crippen molar-refractivity contribution < 1.29 is 4.79 Å². The van der Waals surface area contributed by atoms with E-state index >= 15 is 0 Å². The Balaban J connectivity index is 1.86. The molecule has 0 bridgehead atoms. The van der Waals surface area contributed by atoms with E-state index in [2.05, 4.69) is 10.4 Å². The molecule has 5 nitrogen and oxygen atoms in total. The summed E-state index contributed by atoms with van der Waals surface area (Å²) in [5, 5.41) is 7.39. The van der Waals surface area contributed by atoms with Crippen LogP contribution in [-0.2, 0) is 0 Å². The lowest BCUT2D eigenvalue weighted by Crippen LogP contribution is -2.13. The van der Waals surface area contributed by atoms with E-state index in [0.29, 0.717) is 10.7 Å². The second kappa shape index (κ2) is 6.32. The Labute approximate surface area is 142 Å². The van der Waals surface area contributed by atoms with Crippen molar-refractivity contribution in [3.63, 3.8) is 0 Å². The van der Waals surface area contributed by atoms with Crippen molar-refractivity contribution in [1.29, 1.82) is 0 Å². The van der Waals surface area contributed by atoms with Crippen LogP contribution in [0, 0.1) is 0 Å². The summed E-state index contributed by atoms with van der Waals surface area (Å²) in [5.74, 6) is -0.365. The molecule has 0 aliphatic rings.